The highest BCUT2D eigenvalue weighted by Gasteiger charge is 2.27. The molecule has 1 aliphatic heterocycles. The third kappa shape index (κ3) is 4.45. The van der Waals surface area contributed by atoms with Gasteiger partial charge in [-0.2, -0.15) is 4.31 Å². The van der Waals surface area contributed by atoms with Gasteiger partial charge in [-0.05, 0) is 30.7 Å². The van der Waals surface area contributed by atoms with E-state index in [0.717, 1.165) is 16.2 Å². The summed E-state index contributed by atoms with van der Waals surface area (Å²) in [5, 5.41) is 11.7. The normalized spacial score (nSPS) is 15.4. The maximum absolute atomic E-state index is 13.0. The molecule has 164 valence electrons. The van der Waals surface area contributed by atoms with Crippen molar-refractivity contribution in [3.63, 3.8) is 0 Å². The molecule has 0 spiro atoms. The van der Waals surface area contributed by atoms with Gasteiger partial charge in [-0.1, -0.05) is 23.9 Å². The first-order valence-electron chi connectivity index (χ1n) is 9.84. The van der Waals surface area contributed by atoms with Crippen molar-refractivity contribution in [1.29, 1.82) is 0 Å². The summed E-state index contributed by atoms with van der Waals surface area (Å²) >= 11 is 1.47. The Balaban J connectivity index is 1.61. The molecule has 1 fully saturated rings. The lowest BCUT2D eigenvalue weighted by atomic mass is 10.2. The summed E-state index contributed by atoms with van der Waals surface area (Å²) in [6, 6.07) is 11.5. The summed E-state index contributed by atoms with van der Waals surface area (Å²) in [6.07, 6.45) is 0. The van der Waals surface area contributed by atoms with Crippen molar-refractivity contribution in [2.24, 2.45) is 0 Å². The van der Waals surface area contributed by atoms with Crippen LogP contribution in [0, 0.1) is 10.1 Å². The molecule has 0 unspecified atom stereocenters. The van der Waals surface area contributed by atoms with Crippen molar-refractivity contribution in [2.75, 3.05) is 26.3 Å². The van der Waals surface area contributed by atoms with Gasteiger partial charge in [-0.3, -0.25) is 10.1 Å². The Bertz CT molecular complexity index is 1220. The molecule has 0 bridgehead atoms. The van der Waals surface area contributed by atoms with Crippen LogP contribution in [0.2, 0.25) is 0 Å². The van der Waals surface area contributed by atoms with E-state index in [2.05, 4.69) is 4.98 Å². The number of nitro groups is 1. The van der Waals surface area contributed by atoms with E-state index in [9.17, 15) is 18.5 Å². The summed E-state index contributed by atoms with van der Waals surface area (Å²) < 4.78 is 34.6. The molecule has 1 aromatic heterocycles. The number of hydrogen-bond acceptors (Lipinski definition) is 7. The molecule has 3 aromatic rings. The van der Waals surface area contributed by atoms with Crippen LogP contribution in [0.25, 0.3) is 11.0 Å². The standard InChI is InChI=1S/C20H22N4O5S2/c1-2-23-19-7-6-17(31(27,28)22-8-10-29-11-9-22)13-18(19)21-20(23)30-14-15-4-3-5-16(12-15)24(25)26/h3-7,12-13H,2,8-11,14H2,1H3. The smallest absolute Gasteiger partial charge is 0.269 e. The molecule has 0 radical (unpaired) electrons. The van der Waals surface area contributed by atoms with Gasteiger partial charge >= 0.3 is 0 Å². The first-order chi connectivity index (χ1) is 14.9. The Labute approximate surface area is 184 Å². The van der Waals surface area contributed by atoms with Crippen molar-refractivity contribution in [3.05, 3.63) is 58.1 Å². The van der Waals surface area contributed by atoms with Crippen LogP contribution in [-0.4, -0.2) is 53.5 Å². The van der Waals surface area contributed by atoms with Crippen LogP contribution in [0.3, 0.4) is 0 Å². The Hall–Kier alpha value is -2.47. The molecule has 9 nitrogen and oxygen atoms in total. The lowest BCUT2D eigenvalue weighted by Crippen LogP contribution is -2.40. The Kier molecular flexibility index (Phi) is 6.28. The number of ether oxygens (including phenoxy) is 1. The van der Waals surface area contributed by atoms with Gasteiger partial charge in [0.1, 0.15) is 0 Å². The minimum atomic E-state index is -3.60. The predicted molar refractivity (Wildman–Crippen MR) is 118 cm³/mol. The summed E-state index contributed by atoms with van der Waals surface area (Å²) in [4.78, 5) is 15.5. The largest absolute Gasteiger partial charge is 0.379 e. The number of thioether (sulfide) groups is 1. The summed E-state index contributed by atoms with van der Waals surface area (Å²) in [5.74, 6) is 0.518. The third-order valence-corrected chi connectivity index (χ3v) is 8.04. The van der Waals surface area contributed by atoms with Gasteiger partial charge in [0.05, 0.1) is 34.1 Å². The van der Waals surface area contributed by atoms with E-state index in [1.165, 1.54) is 22.1 Å². The molecule has 0 amide bonds. The average molecular weight is 463 g/mol. The monoisotopic (exact) mass is 462 g/mol. The van der Waals surface area contributed by atoms with E-state index in [1.54, 1.807) is 30.3 Å². The lowest BCUT2D eigenvalue weighted by molar-refractivity contribution is -0.384. The fourth-order valence-electron chi connectivity index (χ4n) is 3.51. The summed E-state index contributed by atoms with van der Waals surface area (Å²) in [7, 11) is -3.60. The molecule has 2 aromatic carbocycles. The fraction of sp³-hybridized carbons (Fsp3) is 0.350. The molecular formula is C20H22N4O5S2. The summed E-state index contributed by atoms with van der Waals surface area (Å²) in [5.41, 5.74) is 2.34. The number of imidazole rings is 1. The number of fused-ring (bicyclic) bond motifs is 1. The Morgan fingerprint density at radius 3 is 2.68 bits per heavy atom. The zero-order valence-corrected chi connectivity index (χ0v) is 18.6. The van der Waals surface area contributed by atoms with Crippen molar-refractivity contribution < 1.29 is 18.1 Å². The second-order valence-electron chi connectivity index (χ2n) is 7.02. The molecule has 1 saturated heterocycles. The Morgan fingerprint density at radius 2 is 1.97 bits per heavy atom. The zero-order valence-electron chi connectivity index (χ0n) is 16.9. The van der Waals surface area contributed by atoms with Crippen molar-refractivity contribution in [1.82, 2.24) is 13.9 Å². The number of hydrogen-bond donors (Lipinski definition) is 0. The minimum absolute atomic E-state index is 0.0556. The van der Waals surface area contributed by atoms with Crippen LogP contribution in [0.15, 0.2) is 52.5 Å². The molecule has 0 N–H and O–H groups in total. The average Bonchev–Trinajstić information content (AvgIpc) is 3.15. The number of non-ortho nitro benzene ring substituents is 1. The van der Waals surface area contributed by atoms with E-state index in [-0.39, 0.29) is 10.6 Å². The van der Waals surface area contributed by atoms with Gasteiger partial charge in [0.25, 0.3) is 5.69 Å². The van der Waals surface area contributed by atoms with Crippen LogP contribution >= 0.6 is 11.8 Å². The quantitative estimate of drug-likeness (QED) is 0.301. The number of sulfonamides is 1. The minimum Gasteiger partial charge on any atom is -0.379 e. The molecule has 4 rings (SSSR count). The number of aromatic nitrogens is 2. The van der Waals surface area contributed by atoms with Crippen molar-refractivity contribution >= 4 is 38.5 Å². The highest BCUT2D eigenvalue weighted by atomic mass is 32.2. The van der Waals surface area contributed by atoms with Crippen LogP contribution in [-0.2, 0) is 27.1 Å². The number of rotatable bonds is 7. The SMILES string of the molecule is CCn1c(SCc2cccc([N+](=O)[O-])c2)nc2cc(S(=O)(=O)N3CCOCC3)ccc21. The van der Waals surface area contributed by atoms with Crippen molar-refractivity contribution in [3.8, 4) is 0 Å². The van der Waals surface area contributed by atoms with Gasteiger partial charge in [-0.25, -0.2) is 13.4 Å². The predicted octanol–water partition coefficient (Wildman–Crippen LogP) is 3.28. The van der Waals surface area contributed by atoms with E-state index < -0.39 is 14.9 Å². The van der Waals surface area contributed by atoms with E-state index >= 15 is 0 Å². The maximum Gasteiger partial charge on any atom is 0.269 e. The van der Waals surface area contributed by atoms with E-state index in [1.807, 2.05) is 17.6 Å². The van der Waals surface area contributed by atoms with Crippen LogP contribution in [0.4, 0.5) is 5.69 Å². The van der Waals surface area contributed by atoms with Crippen molar-refractivity contribution in [2.45, 2.75) is 29.3 Å². The fourth-order valence-corrected chi connectivity index (χ4v) is 5.96. The first kappa shape index (κ1) is 21.8. The molecular weight excluding hydrogens is 440 g/mol. The lowest BCUT2D eigenvalue weighted by Gasteiger charge is -2.26. The number of aryl methyl sites for hydroxylation is 1. The molecule has 0 saturated carbocycles. The second-order valence-corrected chi connectivity index (χ2v) is 9.90. The number of morpholine rings is 1. The third-order valence-electron chi connectivity index (χ3n) is 5.10. The first-order valence-corrected chi connectivity index (χ1v) is 12.3. The number of benzene rings is 2. The summed E-state index contributed by atoms with van der Waals surface area (Å²) in [6.45, 7) is 4.14. The number of nitro benzene ring substituents is 1. The molecule has 0 atom stereocenters. The topological polar surface area (TPSA) is 108 Å². The molecule has 0 aliphatic carbocycles. The van der Waals surface area contributed by atoms with Crippen LogP contribution in [0.1, 0.15) is 12.5 Å². The highest BCUT2D eigenvalue weighted by Crippen LogP contribution is 2.30. The zero-order chi connectivity index (χ0) is 22.0. The van der Waals surface area contributed by atoms with E-state index in [4.69, 9.17) is 4.74 Å². The van der Waals surface area contributed by atoms with E-state index in [0.29, 0.717) is 44.1 Å². The van der Waals surface area contributed by atoms with Gasteiger partial charge in [0.2, 0.25) is 10.0 Å². The molecule has 31 heavy (non-hydrogen) atoms. The van der Waals surface area contributed by atoms with Gasteiger partial charge in [0, 0.05) is 37.5 Å². The van der Waals surface area contributed by atoms with Gasteiger partial charge in [0.15, 0.2) is 5.16 Å². The number of nitrogens with zero attached hydrogens (tertiary/aromatic N) is 4. The van der Waals surface area contributed by atoms with Crippen LogP contribution in [0.5, 0.6) is 0 Å². The van der Waals surface area contributed by atoms with Crippen LogP contribution < -0.4 is 0 Å². The molecule has 2 heterocycles. The molecule has 1 aliphatic rings. The van der Waals surface area contributed by atoms with Gasteiger partial charge in [-0.15, -0.1) is 0 Å². The van der Waals surface area contributed by atoms with Gasteiger partial charge < -0.3 is 9.30 Å². The highest BCUT2D eigenvalue weighted by molar-refractivity contribution is 7.98. The second kappa shape index (κ2) is 8.95. The molecule has 11 heteroatoms. The maximum atomic E-state index is 13.0. The Morgan fingerprint density at radius 1 is 1.19 bits per heavy atom.